The summed E-state index contributed by atoms with van der Waals surface area (Å²) in [6.45, 7) is 7.01. The first-order chi connectivity index (χ1) is 10.0. The molecule has 0 fully saturated rings. The molecule has 0 radical (unpaired) electrons. The van der Waals surface area contributed by atoms with E-state index in [0.717, 1.165) is 13.0 Å². The van der Waals surface area contributed by atoms with Gasteiger partial charge in [0.2, 0.25) is 5.82 Å². The smallest absolute Gasteiger partial charge is 0.333 e. The first kappa shape index (κ1) is 15.0. The van der Waals surface area contributed by atoms with E-state index in [1.165, 1.54) is 0 Å². The fourth-order valence-electron chi connectivity index (χ4n) is 2.18. The van der Waals surface area contributed by atoms with E-state index in [2.05, 4.69) is 15.4 Å². The molecule has 0 aromatic carbocycles. The Bertz CT molecular complexity index is 602. The summed E-state index contributed by atoms with van der Waals surface area (Å²) in [6, 6.07) is 0.0635. The van der Waals surface area contributed by atoms with Gasteiger partial charge < -0.3 is 9.88 Å². The van der Waals surface area contributed by atoms with E-state index in [4.69, 9.17) is 0 Å². The van der Waals surface area contributed by atoms with E-state index >= 15 is 0 Å². The fourth-order valence-corrected chi connectivity index (χ4v) is 2.18. The van der Waals surface area contributed by atoms with Crippen molar-refractivity contribution < 1.29 is 4.92 Å². The number of nitrogens with zero attached hydrogens (tertiary/aromatic N) is 5. The third-order valence-corrected chi connectivity index (χ3v) is 3.17. The molecule has 0 saturated carbocycles. The van der Waals surface area contributed by atoms with Gasteiger partial charge in [-0.15, -0.1) is 0 Å². The number of rotatable bonds is 7. The molecule has 0 aliphatic rings. The van der Waals surface area contributed by atoms with Gasteiger partial charge in [-0.25, -0.2) is 9.67 Å². The molecular formula is C13H20N6O2. The van der Waals surface area contributed by atoms with E-state index in [9.17, 15) is 10.1 Å². The van der Waals surface area contributed by atoms with E-state index in [1.54, 1.807) is 24.1 Å². The minimum absolute atomic E-state index is 0.0614. The number of nitro groups is 1. The molecule has 0 aliphatic carbocycles. The molecule has 0 bridgehead atoms. The van der Waals surface area contributed by atoms with Crippen molar-refractivity contribution >= 4 is 11.5 Å². The van der Waals surface area contributed by atoms with Gasteiger partial charge in [-0.1, -0.05) is 0 Å². The van der Waals surface area contributed by atoms with Crippen molar-refractivity contribution in [2.24, 2.45) is 0 Å². The summed E-state index contributed by atoms with van der Waals surface area (Å²) in [7, 11) is 0. The quantitative estimate of drug-likeness (QED) is 0.480. The lowest BCUT2D eigenvalue weighted by Crippen LogP contribution is -2.13. The number of hydrogen-bond donors (Lipinski definition) is 1. The Hall–Kier alpha value is -2.38. The minimum atomic E-state index is -0.376. The average Bonchev–Trinajstić information content (AvgIpc) is 3.02. The van der Waals surface area contributed by atoms with Gasteiger partial charge in [0.1, 0.15) is 5.69 Å². The summed E-state index contributed by atoms with van der Waals surface area (Å²) in [5.41, 5.74) is 0.497. The fraction of sp³-hybridized carbons (Fsp3) is 0.538. The van der Waals surface area contributed by atoms with Crippen molar-refractivity contribution in [1.82, 2.24) is 19.3 Å². The molecule has 2 aromatic rings. The predicted octanol–water partition coefficient (Wildman–Crippen LogP) is 2.38. The molecule has 0 spiro atoms. The standard InChI is InChI=1S/C13H20N6O2/c1-10(2)18-13(12(19(20)21)11(3)16-18)15-5-4-7-17-8-6-14-9-17/h6,8-10,15H,4-5,7H2,1-3H3. The molecule has 2 heterocycles. The third kappa shape index (κ3) is 3.39. The lowest BCUT2D eigenvalue weighted by Gasteiger charge is -2.12. The van der Waals surface area contributed by atoms with Crippen molar-refractivity contribution in [2.75, 3.05) is 11.9 Å². The van der Waals surface area contributed by atoms with Crippen LogP contribution in [0.1, 0.15) is 32.0 Å². The number of nitrogens with one attached hydrogen (secondary N) is 1. The number of aromatic nitrogens is 4. The number of imidazole rings is 1. The van der Waals surface area contributed by atoms with Gasteiger partial charge >= 0.3 is 5.69 Å². The summed E-state index contributed by atoms with van der Waals surface area (Å²) < 4.78 is 3.64. The summed E-state index contributed by atoms with van der Waals surface area (Å²) >= 11 is 0. The molecule has 2 aromatic heterocycles. The van der Waals surface area contributed by atoms with Crippen LogP contribution in [0.4, 0.5) is 11.5 Å². The monoisotopic (exact) mass is 292 g/mol. The van der Waals surface area contributed by atoms with Gasteiger partial charge in [-0.05, 0) is 27.2 Å². The Morgan fingerprint density at radius 1 is 1.48 bits per heavy atom. The zero-order chi connectivity index (χ0) is 15.4. The van der Waals surface area contributed by atoms with Crippen LogP contribution in [0.15, 0.2) is 18.7 Å². The Morgan fingerprint density at radius 2 is 2.24 bits per heavy atom. The minimum Gasteiger partial charge on any atom is -0.364 e. The SMILES string of the molecule is Cc1nn(C(C)C)c(NCCCn2ccnc2)c1[N+](=O)[O-]. The normalized spacial score (nSPS) is 11.0. The molecular weight excluding hydrogens is 272 g/mol. The van der Waals surface area contributed by atoms with Gasteiger partial charge in [-0.2, -0.15) is 5.10 Å². The van der Waals surface area contributed by atoms with E-state index in [1.807, 2.05) is 24.6 Å². The van der Waals surface area contributed by atoms with E-state index < -0.39 is 0 Å². The van der Waals surface area contributed by atoms with Crippen molar-refractivity contribution in [3.05, 3.63) is 34.5 Å². The van der Waals surface area contributed by atoms with Crippen LogP contribution in [0.5, 0.6) is 0 Å². The van der Waals surface area contributed by atoms with E-state index in [0.29, 0.717) is 18.1 Å². The Morgan fingerprint density at radius 3 is 2.81 bits per heavy atom. The van der Waals surface area contributed by atoms with Crippen LogP contribution in [0.2, 0.25) is 0 Å². The van der Waals surface area contributed by atoms with Crippen LogP contribution in [0.25, 0.3) is 0 Å². The first-order valence-corrected chi connectivity index (χ1v) is 6.93. The van der Waals surface area contributed by atoms with Crippen LogP contribution in [0.3, 0.4) is 0 Å². The Balaban J connectivity index is 2.05. The highest BCUT2D eigenvalue weighted by Crippen LogP contribution is 2.30. The summed E-state index contributed by atoms with van der Waals surface area (Å²) in [6.07, 6.45) is 6.22. The summed E-state index contributed by atoms with van der Waals surface area (Å²) in [5.74, 6) is 0.484. The van der Waals surface area contributed by atoms with Crippen LogP contribution < -0.4 is 5.32 Å². The molecule has 1 N–H and O–H groups in total. The second-order valence-electron chi connectivity index (χ2n) is 5.16. The molecule has 0 aliphatic heterocycles. The van der Waals surface area contributed by atoms with Crippen molar-refractivity contribution in [3.63, 3.8) is 0 Å². The Kier molecular flexibility index (Phi) is 4.56. The maximum absolute atomic E-state index is 11.2. The van der Waals surface area contributed by atoms with Crippen molar-refractivity contribution in [2.45, 2.75) is 39.8 Å². The molecule has 0 atom stereocenters. The van der Waals surface area contributed by atoms with Crippen LogP contribution in [-0.4, -0.2) is 30.8 Å². The highest BCUT2D eigenvalue weighted by atomic mass is 16.6. The highest BCUT2D eigenvalue weighted by molar-refractivity contribution is 5.59. The predicted molar refractivity (Wildman–Crippen MR) is 79.3 cm³/mol. The summed E-state index contributed by atoms with van der Waals surface area (Å²) in [4.78, 5) is 14.8. The number of hydrogen-bond acceptors (Lipinski definition) is 5. The molecule has 2 rings (SSSR count). The van der Waals surface area contributed by atoms with Gasteiger partial charge in [0.05, 0.1) is 11.3 Å². The van der Waals surface area contributed by atoms with Gasteiger partial charge in [0.15, 0.2) is 0 Å². The molecule has 0 unspecified atom stereocenters. The van der Waals surface area contributed by atoms with Crippen LogP contribution >= 0.6 is 0 Å². The molecule has 21 heavy (non-hydrogen) atoms. The van der Waals surface area contributed by atoms with Crippen LogP contribution in [-0.2, 0) is 6.54 Å². The first-order valence-electron chi connectivity index (χ1n) is 6.93. The second kappa shape index (κ2) is 6.38. The van der Waals surface area contributed by atoms with Gasteiger partial charge in [0.25, 0.3) is 0 Å². The van der Waals surface area contributed by atoms with Crippen molar-refractivity contribution in [3.8, 4) is 0 Å². The van der Waals surface area contributed by atoms with Gasteiger partial charge in [-0.3, -0.25) is 10.1 Å². The topological polar surface area (TPSA) is 90.8 Å². The molecule has 0 saturated heterocycles. The maximum atomic E-state index is 11.2. The highest BCUT2D eigenvalue weighted by Gasteiger charge is 2.25. The number of aryl methyl sites for hydroxylation is 2. The van der Waals surface area contributed by atoms with Crippen molar-refractivity contribution in [1.29, 1.82) is 0 Å². The lowest BCUT2D eigenvalue weighted by molar-refractivity contribution is -0.384. The maximum Gasteiger partial charge on any atom is 0.333 e. The zero-order valence-electron chi connectivity index (χ0n) is 12.5. The molecule has 8 nitrogen and oxygen atoms in total. The molecule has 8 heteroatoms. The molecule has 114 valence electrons. The average molecular weight is 292 g/mol. The van der Waals surface area contributed by atoms with Gasteiger partial charge in [0, 0.05) is 31.5 Å². The summed E-state index contributed by atoms with van der Waals surface area (Å²) in [5, 5.41) is 18.6. The third-order valence-electron chi connectivity index (χ3n) is 3.17. The zero-order valence-corrected chi connectivity index (χ0v) is 12.5. The number of anilines is 1. The second-order valence-corrected chi connectivity index (χ2v) is 5.16. The lowest BCUT2D eigenvalue weighted by atomic mass is 10.3. The largest absolute Gasteiger partial charge is 0.364 e. The van der Waals surface area contributed by atoms with E-state index in [-0.39, 0.29) is 16.7 Å². The van der Waals surface area contributed by atoms with Crippen LogP contribution in [0, 0.1) is 17.0 Å². The Labute approximate surface area is 122 Å². The molecule has 0 amide bonds.